The van der Waals surface area contributed by atoms with Crippen LogP contribution in [0.2, 0.25) is 0 Å². The Morgan fingerprint density at radius 1 is 1.24 bits per heavy atom. The highest BCUT2D eigenvalue weighted by Gasteiger charge is 2.13. The lowest BCUT2D eigenvalue weighted by Gasteiger charge is -2.18. The van der Waals surface area contributed by atoms with Crippen molar-refractivity contribution in [3.8, 4) is 0 Å². The Kier molecular flexibility index (Phi) is 8.43. The van der Waals surface area contributed by atoms with Crippen LogP contribution in [0.5, 0.6) is 0 Å². The number of unbranched alkanes of at least 4 members (excludes halogenated alkanes) is 3. The predicted octanol–water partition coefficient (Wildman–Crippen LogP) is 2.53. The summed E-state index contributed by atoms with van der Waals surface area (Å²) in [6.07, 6.45) is 5.76. The zero-order chi connectivity index (χ0) is 15.5. The molecule has 0 radical (unpaired) electrons. The number of aliphatic hydroxyl groups is 1. The zero-order valence-corrected chi connectivity index (χ0v) is 13.1. The molecule has 118 valence electrons. The molecule has 0 bridgehead atoms. The molecule has 0 aliphatic heterocycles. The summed E-state index contributed by atoms with van der Waals surface area (Å²) in [5, 5.41) is 12.0. The second-order valence-corrected chi connectivity index (χ2v) is 4.97. The van der Waals surface area contributed by atoms with E-state index >= 15 is 0 Å². The molecule has 1 rings (SSSR count). The molecule has 21 heavy (non-hydrogen) atoms. The Morgan fingerprint density at radius 2 is 1.95 bits per heavy atom. The summed E-state index contributed by atoms with van der Waals surface area (Å²) < 4.78 is 0. The second-order valence-electron chi connectivity index (χ2n) is 4.97. The van der Waals surface area contributed by atoms with Gasteiger partial charge in [0.25, 0.3) is 5.91 Å². The summed E-state index contributed by atoms with van der Waals surface area (Å²) in [4.78, 5) is 18.2. The lowest BCUT2D eigenvalue weighted by atomic mass is 10.2. The van der Waals surface area contributed by atoms with E-state index in [1.165, 1.54) is 0 Å². The summed E-state index contributed by atoms with van der Waals surface area (Å²) in [6, 6.07) is 3.70. The van der Waals surface area contributed by atoms with E-state index in [9.17, 15) is 4.79 Å². The number of carbonyl (C=O) groups excluding carboxylic acids is 1. The minimum absolute atomic E-state index is 0.0217. The molecular formula is C16H27N3O2. The highest BCUT2D eigenvalue weighted by atomic mass is 16.2. The van der Waals surface area contributed by atoms with Crippen LogP contribution in [-0.2, 0) is 0 Å². The normalized spacial score (nSPS) is 10.4. The van der Waals surface area contributed by atoms with Crippen molar-refractivity contribution in [3.63, 3.8) is 0 Å². The van der Waals surface area contributed by atoms with Crippen molar-refractivity contribution >= 4 is 11.6 Å². The van der Waals surface area contributed by atoms with E-state index < -0.39 is 0 Å². The lowest BCUT2D eigenvalue weighted by molar-refractivity contribution is 0.0767. The van der Waals surface area contributed by atoms with Crippen LogP contribution in [0.25, 0.3) is 0 Å². The number of rotatable bonds is 10. The third-order valence-electron chi connectivity index (χ3n) is 3.44. The number of nitrogens with zero attached hydrogens (tertiary/aromatic N) is 2. The second kappa shape index (κ2) is 10.2. The van der Waals surface area contributed by atoms with Gasteiger partial charge in [0.1, 0.15) is 5.69 Å². The van der Waals surface area contributed by atoms with Crippen molar-refractivity contribution in [1.29, 1.82) is 0 Å². The Morgan fingerprint density at radius 3 is 2.62 bits per heavy atom. The molecule has 0 fully saturated rings. The summed E-state index contributed by atoms with van der Waals surface area (Å²) in [6.45, 7) is 6.47. The van der Waals surface area contributed by atoms with Crippen molar-refractivity contribution < 1.29 is 9.90 Å². The van der Waals surface area contributed by atoms with E-state index in [-0.39, 0.29) is 12.5 Å². The van der Waals surface area contributed by atoms with Crippen molar-refractivity contribution in [2.24, 2.45) is 0 Å². The van der Waals surface area contributed by atoms with Crippen molar-refractivity contribution in [2.45, 2.75) is 39.5 Å². The van der Waals surface area contributed by atoms with Crippen LogP contribution in [0.15, 0.2) is 18.3 Å². The van der Waals surface area contributed by atoms with Gasteiger partial charge in [-0.15, -0.1) is 0 Å². The minimum Gasteiger partial charge on any atom is -0.396 e. The fraction of sp³-hybridized carbons (Fsp3) is 0.625. The van der Waals surface area contributed by atoms with E-state index in [4.69, 9.17) is 5.11 Å². The minimum atomic E-state index is -0.0217. The molecule has 0 aliphatic carbocycles. The van der Waals surface area contributed by atoms with Gasteiger partial charge in [-0.25, -0.2) is 0 Å². The molecule has 0 unspecified atom stereocenters. The van der Waals surface area contributed by atoms with Crippen LogP contribution in [0, 0.1) is 0 Å². The number of aliphatic hydroxyl groups excluding tert-OH is 1. The average Bonchev–Trinajstić information content (AvgIpc) is 2.52. The molecule has 2 N–H and O–H groups in total. The smallest absolute Gasteiger partial charge is 0.272 e. The summed E-state index contributed by atoms with van der Waals surface area (Å²) >= 11 is 0. The third kappa shape index (κ3) is 6.12. The summed E-state index contributed by atoms with van der Waals surface area (Å²) in [7, 11) is 0. The Balaban J connectivity index is 2.47. The van der Waals surface area contributed by atoms with Gasteiger partial charge in [0, 0.05) is 38.1 Å². The van der Waals surface area contributed by atoms with Crippen LogP contribution in [-0.4, -0.2) is 47.1 Å². The molecule has 1 heterocycles. The van der Waals surface area contributed by atoms with Gasteiger partial charge in [-0.05, 0) is 38.8 Å². The van der Waals surface area contributed by atoms with Crippen LogP contribution in [0.4, 0.5) is 5.69 Å². The van der Waals surface area contributed by atoms with Gasteiger partial charge in [-0.1, -0.05) is 12.8 Å². The van der Waals surface area contributed by atoms with Gasteiger partial charge < -0.3 is 15.3 Å². The highest BCUT2D eigenvalue weighted by Crippen LogP contribution is 2.11. The monoisotopic (exact) mass is 293 g/mol. The number of anilines is 1. The molecule has 1 aromatic heterocycles. The molecule has 0 saturated heterocycles. The number of pyridine rings is 1. The SMILES string of the molecule is CCN(CC)C(=O)c1cc(NCCCCCCO)ccn1. The molecule has 0 saturated carbocycles. The standard InChI is InChI=1S/C16H27N3O2/c1-3-19(4-2)16(21)15-13-14(9-11-18-15)17-10-7-5-6-8-12-20/h9,11,13,20H,3-8,10,12H2,1-2H3,(H,17,18). The molecule has 5 nitrogen and oxygen atoms in total. The van der Waals surface area contributed by atoms with Gasteiger partial charge >= 0.3 is 0 Å². The van der Waals surface area contributed by atoms with E-state index in [1.54, 1.807) is 11.1 Å². The maximum Gasteiger partial charge on any atom is 0.272 e. The first-order valence-electron chi connectivity index (χ1n) is 7.83. The van der Waals surface area contributed by atoms with Crippen LogP contribution in [0.1, 0.15) is 50.0 Å². The number of hydrogen-bond acceptors (Lipinski definition) is 4. The molecule has 1 amide bonds. The van der Waals surface area contributed by atoms with Gasteiger partial charge in [0.05, 0.1) is 0 Å². The molecular weight excluding hydrogens is 266 g/mol. The summed E-state index contributed by atoms with van der Waals surface area (Å²) in [5.74, 6) is -0.0217. The predicted molar refractivity (Wildman–Crippen MR) is 85.5 cm³/mol. The largest absolute Gasteiger partial charge is 0.396 e. The number of carbonyl (C=O) groups is 1. The van der Waals surface area contributed by atoms with E-state index in [2.05, 4.69) is 10.3 Å². The number of aromatic nitrogens is 1. The highest BCUT2D eigenvalue weighted by molar-refractivity contribution is 5.93. The fourth-order valence-electron chi connectivity index (χ4n) is 2.15. The molecule has 0 spiro atoms. The first-order valence-corrected chi connectivity index (χ1v) is 7.83. The van der Waals surface area contributed by atoms with E-state index in [0.29, 0.717) is 18.8 Å². The van der Waals surface area contributed by atoms with Crippen molar-refractivity contribution in [2.75, 3.05) is 31.6 Å². The van der Waals surface area contributed by atoms with Crippen LogP contribution in [0.3, 0.4) is 0 Å². The average molecular weight is 293 g/mol. The number of amides is 1. The lowest BCUT2D eigenvalue weighted by Crippen LogP contribution is -2.31. The van der Waals surface area contributed by atoms with Gasteiger partial charge in [-0.3, -0.25) is 9.78 Å². The van der Waals surface area contributed by atoms with E-state index in [0.717, 1.165) is 37.9 Å². The maximum atomic E-state index is 12.2. The van der Waals surface area contributed by atoms with Gasteiger partial charge in [0.15, 0.2) is 0 Å². The number of nitrogens with one attached hydrogen (secondary N) is 1. The topological polar surface area (TPSA) is 65.5 Å². The maximum absolute atomic E-state index is 12.2. The Hall–Kier alpha value is -1.62. The quantitative estimate of drug-likeness (QED) is 0.651. The van der Waals surface area contributed by atoms with Crippen molar-refractivity contribution in [3.05, 3.63) is 24.0 Å². The molecule has 5 heteroatoms. The molecule has 0 aliphatic rings. The zero-order valence-electron chi connectivity index (χ0n) is 13.1. The first kappa shape index (κ1) is 17.4. The first-order chi connectivity index (χ1) is 10.2. The number of hydrogen-bond donors (Lipinski definition) is 2. The van der Waals surface area contributed by atoms with Crippen LogP contribution < -0.4 is 5.32 Å². The van der Waals surface area contributed by atoms with Crippen LogP contribution >= 0.6 is 0 Å². The fourth-order valence-corrected chi connectivity index (χ4v) is 2.15. The Bertz CT molecular complexity index is 420. The summed E-state index contributed by atoms with van der Waals surface area (Å²) in [5.41, 5.74) is 1.42. The van der Waals surface area contributed by atoms with Gasteiger partial charge in [-0.2, -0.15) is 0 Å². The van der Waals surface area contributed by atoms with Crippen molar-refractivity contribution in [1.82, 2.24) is 9.88 Å². The van der Waals surface area contributed by atoms with E-state index in [1.807, 2.05) is 26.0 Å². The van der Waals surface area contributed by atoms with Gasteiger partial charge in [0.2, 0.25) is 0 Å². The Labute approximate surface area is 127 Å². The third-order valence-corrected chi connectivity index (χ3v) is 3.44. The molecule has 0 atom stereocenters. The molecule has 0 aromatic carbocycles. The molecule has 1 aromatic rings.